The first-order chi connectivity index (χ1) is 11.2. The van der Waals surface area contributed by atoms with Crippen LogP contribution >= 0.6 is 0 Å². The maximum absolute atomic E-state index is 5.11. The zero-order valence-corrected chi connectivity index (χ0v) is 14.0. The minimum absolute atomic E-state index is 0.677. The van der Waals surface area contributed by atoms with E-state index in [1.165, 1.54) is 16.7 Å². The van der Waals surface area contributed by atoms with Gasteiger partial charge in [0.25, 0.3) is 0 Å². The Hall–Kier alpha value is -1.91. The Balaban J connectivity index is 1.47. The van der Waals surface area contributed by atoms with Crippen molar-refractivity contribution < 1.29 is 4.74 Å². The van der Waals surface area contributed by atoms with E-state index in [-0.39, 0.29) is 0 Å². The molecule has 122 valence electrons. The molecule has 3 rings (SSSR count). The van der Waals surface area contributed by atoms with Crippen LogP contribution in [0, 0.1) is 6.92 Å². The van der Waals surface area contributed by atoms with Gasteiger partial charge in [-0.2, -0.15) is 0 Å². The van der Waals surface area contributed by atoms with Gasteiger partial charge in [-0.25, -0.2) is 4.98 Å². The van der Waals surface area contributed by atoms with Crippen molar-refractivity contribution in [2.75, 3.05) is 33.3 Å². The lowest BCUT2D eigenvalue weighted by atomic mass is 10.1. The Kier molecular flexibility index (Phi) is 5.26. The normalized spacial score (nSPS) is 16.4. The molecule has 0 amide bonds. The molecule has 0 unspecified atom stereocenters. The van der Waals surface area contributed by atoms with Gasteiger partial charge in [-0.15, -0.1) is 0 Å². The van der Waals surface area contributed by atoms with Crippen LogP contribution in [0.5, 0.6) is 5.88 Å². The molecule has 1 aliphatic heterocycles. The summed E-state index contributed by atoms with van der Waals surface area (Å²) in [7, 11) is 1.65. The van der Waals surface area contributed by atoms with Gasteiger partial charge in [0.2, 0.25) is 5.88 Å². The number of benzene rings is 1. The summed E-state index contributed by atoms with van der Waals surface area (Å²) in [4.78, 5) is 9.31. The number of ether oxygens (including phenoxy) is 1. The van der Waals surface area contributed by atoms with Crippen LogP contribution in [0.15, 0.2) is 42.6 Å². The van der Waals surface area contributed by atoms with Gasteiger partial charge in [-0.1, -0.05) is 35.9 Å². The largest absolute Gasteiger partial charge is 0.481 e. The van der Waals surface area contributed by atoms with E-state index in [0.29, 0.717) is 5.88 Å². The lowest BCUT2D eigenvalue weighted by molar-refractivity contribution is 0.122. The third-order valence-electron chi connectivity index (χ3n) is 4.40. The van der Waals surface area contributed by atoms with Crippen molar-refractivity contribution in [2.24, 2.45) is 0 Å². The second-order valence-electron chi connectivity index (χ2n) is 6.25. The first-order valence-corrected chi connectivity index (χ1v) is 8.22. The third kappa shape index (κ3) is 4.53. The van der Waals surface area contributed by atoms with Crippen LogP contribution in [-0.2, 0) is 13.1 Å². The minimum atomic E-state index is 0.677. The first kappa shape index (κ1) is 16.0. The molecule has 0 spiro atoms. The molecule has 2 heterocycles. The lowest BCUT2D eigenvalue weighted by Gasteiger charge is -2.34. The van der Waals surface area contributed by atoms with Crippen LogP contribution in [-0.4, -0.2) is 48.1 Å². The smallest absolute Gasteiger partial charge is 0.212 e. The van der Waals surface area contributed by atoms with Gasteiger partial charge in [-0.3, -0.25) is 9.80 Å². The van der Waals surface area contributed by atoms with Crippen LogP contribution in [0.3, 0.4) is 0 Å². The van der Waals surface area contributed by atoms with Gasteiger partial charge in [0, 0.05) is 51.5 Å². The molecule has 1 aliphatic rings. The van der Waals surface area contributed by atoms with Crippen molar-refractivity contribution in [1.82, 2.24) is 14.8 Å². The van der Waals surface area contributed by atoms with Gasteiger partial charge in [0.1, 0.15) is 0 Å². The van der Waals surface area contributed by atoms with Crippen molar-refractivity contribution in [1.29, 1.82) is 0 Å². The van der Waals surface area contributed by atoms with E-state index in [1.54, 1.807) is 7.11 Å². The molecule has 0 atom stereocenters. The molecule has 1 aromatic heterocycles. The van der Waals surface area contributed by atoms with E-state index in [9.17, 15) is 0 Å². The number of methoxy groups -OCH3 is 1. The van der Waals surface area contributed by atoms with Crippen LogP contribution in [0.25, 0.3) is 0 Å². The maximum atomic E-state index is 5.11. The highest BCUT2D eigenvalue weighted by molar-refractivity contribution is 5.21. The SMILES string of the molecule is COc1ccc(CN2CCN(Cc3ccc(C)cc3)CC2)cn1. The summed E-state index contributed by atoms with van der Waals surface area (Å²) in [5.74, 6) is 0.677. The van der Waals surface area contributed by atoms with E-state index in [4.69, 9.17) is 4.74 Å². The molecule has 0 N–H and O–H groups in total. The fourth-order valence-electron chi connectivity index (χ4n) is 2.94. The zero-order chi connectivity index (χ0) is 16.1. The van der Waals surface area contributed by atoms with E-state index in [2.05, 4.69) is 52.0 Å². The van der Waals surface area contributed by atoms with E-state index < -0.39 is 0 Å². The highest BCUT2D eigenvalue weighted by atomic mass is 16.5. The number of hydrogen-bond donors (Lipinski definition) is 0. The summed E-state index contributed by atoms with van der Waals surface area (Å²) < 4.78 is 5.11. The number of aromatic nitrogens is 1. The van der Waals surface area contributed by atoms with Crippen LogP contribution in [0.2, 0.25) is 0 Å². The molecule has 0 aliphatic carbocycles. The Morgan fingerprint density at radius 2 is 1.43 bits per heavy atom. The Morgan fingerprint density at radius 3 is 1.96 bits per heavy atom. The molecule has 23 heavy (non-hydrogen) atoms. The molecule has 0 radical (unpaired) electrons. The van der Waals surface area contributed by atoms with Gasteiger partial charge in [0.05, 0.1) is 7.11 Å². The Bertz CT molecular complexity index is 602. The number of nitrogens with zero attached hydrogens (tertiary/aromatic N) is 3. The fraction of sp³-hybridized carbons (Fsp3) is 0.421. The second-order valence-corrected chi connectivity index (χ2v) is 6.25. The van der Waals surface area contributed by atoms with Crippen molar-refractivity contribution in [3.63, 3.8) is 0 Å². The van der Waals surface area contributed by atoms with Crippen LogP contribution in [0.4, 0.5) is 0 Å². The first-order valence-electron chi connectivity index (χ1n) is 8.22. The molecule has 1 saturated heterocycles. The van der Waals surface area contributed by atoms with Crippen LogP contribution < -0.4 is 4.74 Å². The van der Waals surface area contributed by atoms with Crippen molar-refractivity contribution in [3.8, 4) is 5.88 Å². The van der Waals surface area contributed by atoms with E-state index in [0.717, 1.165) is 39.3 Å². The maximum Gasteiger partial charge on any atom is 0.212 e. The van der Waals surface area contributed by atoms with Crippen LogP contribution in [0.1, 0.15) is 16.7 Å². The number of rotatable bonds is 5. The predicted molar refractivity (Wildman–Crippen MR) is 92.5 cm³/mol. The number of aryl methyl sites for hydroxylation is 1. The molecular weight excluding hydrogens is 286 g/mol. The number of pyridine rings is 1. The minimum Gasteiger partial charge on any atom is -0.481 e. The second kappa shape index (κ2) is 7.57. The molecular formula is C19H25N3O. The highest BCUT2D eigenvalue weighted by Crippen LogP contribution is 2.13. The Labute approximate surface area is 138 Å². The predicted octanol–water partition coefficient (Wildman–Crippen LogP) is 2.72. The molecule has 0 saturated carbocycles. The van der Waals surface area contributed by atoms with Gasteiger partial charge in [-0.05, 0) is 18.1 Å². The lowest BCUT2D eigenvalue weighted by Crippen LogP contribution is -2.45. The van der Waals surface area contributed by atoms with Gasteiger partial charge < -0.3 is 4.74 Å². The highest BCUT2D eigenvalue weighted by Gasteiger charge is 2.17. The van der Waals surface area contributed by atoms with Crippen molar-refractivity contribution in [2.45, 2.75) is 20.0 Å². The summed E-state index contributed by atoms with van der Waals surface area (Å²) in [6.07, 6.45) is 1.91. The monoisotopic (exact) mass is 311 g/mol. The molecule has 4 heteroatoms. The van der Waals surface area contributed by atoms with Gasteiger partial charge >= 0.3 is 0 Å². The summed E-state index contributed by atoms with van der Waals surface area (Å²) >= 11 is 0. The number of hydrogen-bond acceptors (Lipinski definition) is 4. The topological polar surface area (TPSA) is 28.6 Å². The average Bonchev–Trinajstić information content (AvgIpc) is 2.59. The zero-order valence-electron chi connectivity index (χ0n) is 14.0. The Morgan fingerprint density at radius 1 is 0.870 bits per heavy atom. The summed E-state index contributed by atoms with van der Waals surface area (Å²) in [6.45, 7) is 8.62. The van der Waals surface area contributed by atoms with Gasteiger partial charge in [0.15, 0.2) is 0 Å². The third-order valence-corrected chi connectivity index (χ3v) is 4.40. The van der Waals surface area contributed by atoms with E-state index >= 15 is 0 Å². The molecule has 4 nitrogen and oxygen atoms in total. The molecule has 1 fully saturated rings. The molecule has 2 aromatic rings. The fourth-order valence-corrected chi connectivity index (χ4v) is 2.94. The van der Waals surface area contributed by atoms with Crippen molar-refractivity contribution in [3.05, 3.63) is 59.3 Å². The molecule has 1 aromatic carbocycles. The van der Waals surface area contributed by atoms with Crippen molar-refractivity contribution >= 4 is 0 Å². The number of piperazine rings is 1. The quantitative estimate of drug-likeness (QED) is 0.849. The standard InChI is InChI=1S/C19H25N3O/c1-16-3-5-17(6-4-16)14-21-9-11-22(12-10-21)15-18-7-8-19(23-2)20-13-18/h3-8,13H,9-12,14-15H2,1-2H3. The average molecular weight is 311 g/mol. The summed E-state index contributed by atoms with van der Waals surface area (Å²) in [6, 6.07) is 12.9. The summed E-state index contributed by atoms with van der Waals surface area (Å²) in [5.41, 5.74) is 3.98. The van der Waals surface area contributed by atoms with E-state index in [1.807, 2.05) is 12.3 Å². The molecule has 0 bridgehead atoms. The summed E-state index contributed by atoms with van der Waals surface area (Å²) in [5, 5.41) is 0.